The predicted octanol–water partition coefficient (Wildman–Crippen LogP) is 4.49. The van der Waals surface area contributed by atoms with Gasteiger partial charge in [-0.3, -0.25) is 0 Å². The molecule has 0 spiro atoms. The lowest BCUT2D eigenvalue weighted by molar-refractivity contribution is 0.664. The number of unbranched alkanes of at least 4 members (excludes halogenated alkanes) is 3. The summed E-state index contributed by atoms with van der Waals surface area (Å²) in [6.45, 7) is 6.91. The second-order valence-electron chi connectivity index (χ2n) is 3.53. The van der Waals surface area contributed by atoms with E-state index in [-0.39, 0.29) is 0 Å². The molecule has 12 heavy (non-hydrogen) atoms. The lowest BCUT2D eigenvalue weighted by atomic mass is 10.2. The Morgan fingerprint density at radius 2 is 1.67 bits per heavy atom. The summed E-state index contributed by atoms with van der Waals surface area (Å²) in [6.07, 6.45) is 8.35. The summed E-state index contributed by atoms with van der Waals surface area (Å²) in [5.41, 5.74) is 0. The van der Waals surface area contributed by atoms with Gasteiger partial charge in [-0.1, -0.05) is 46.5 Å². The fourth-order valence-electron chi connectivity index (χ4n) is 1.19. The molecule has 0 heterocycles. The van der Waals surface area contributed by atoms with Gasteiger partial charge < -0.3 is 0 Å². The lowest BCUT2D eigenvalue weighted by Gasteiger charge is -2.09. The van der Waals surface area contributed by atoms with E-state index in [1.807, 2.05) is 0 Å². The van der Waals surface area contributed by atoms with Crippen LogP contribution >= 0.6 is 11.8 Å². The van der Waals surface area contributed by atoms with Gasteiger partial charge >= 0.3 is 0 Å². The zero-order chi connectivity index (χ0) is 9.23. The molecule has 74 valence electrons. The molecule has 0 aromatic heterocycles. The van der Waals surface area contributed by atoms with Crippen LogP contribution in [0.4, 0.5) is 0 Å². The molecule has 0 saturated heterocycles. The predicted molar refractivity (Wildman–Crippen MR) is 61.0 cm³/mol. The maximum Gasteiger partial charge on any atom is 0.00187 e. The Kier molecular flexibility index (Phi) is 9.71. The van der Waals surface area contributed by atoms with E-state index in [4.69, 9.17) is 0 Å². The molecule has 1 heteroatoms. The van der Waals surface area contributed by atoms with Crippen LogP contribution in [0.15, 0.2) is 0 Å². The van der Waals surface area contributed by atoms with E-state index in [9.17, 15) is 0 Å². The Morgan fingerprint density at radius 1 is 1.00 bits per heavy atom. The van der Waals surface area contributed by atoms with Crippen LogP contribution < -0.4 is 0 Å². The Hall–Kier alpha value is 0.350. The Bertz CT molecular complexity index is 71.1. The molecule has 1 unspecified atom stereocenters. The highest BCUT2D eigenvalue weighted by Gasteiger charge is 2.00. The average molecular weight is 188 g/mol. The molecule has 0 rings (SSSR count). The fourth-order valence-corrected chi connectivity index (χ4v) is 2.39. The van der Waals surface area contributed by atoms with Gasteiger partial charge in [0.15, 0.2) is 0 Å². The van der Waals surface area contributed by atoms with E-state index < -0.39 is 0 Å². The molecule has 0 N–H and O–H groups in total. The monoisotopic (exact) mass is 188 g/mol. The SMILES string of the molecule is CCCCCC(C)SCCCC. The van der Waals surface area contributed by atoms with Crippen LogP contribution in [0.25, 0.3) is 0 Å². The highest BCUT2D eigenvalue weighted by Crippen LogP contribution is 2.18. The van der Waals surface area contributed by atoms with Crippen molar-refractivity contribution < 1.29 is 0 Å². The molecular formula is C11H24S. The standard InChI is InChI=1S/C11H24S/c1-4-6-8-9-11(3)12-10-7-5-2/h11H,4-10H2,1-3H3. The number of hydrogen-bond donors (Lipinski definition) is 0. The Morgan fingerprint density at radius 3 is 2.25 bits per heavy atom. The quantitative estimate of drug-likeness (QED) is 0.506. The first kappa shape index (κ1) is 12.3. The molecule has 0 aromatic rings. The lowest BCUT2D eigenvalue weighted by Crippen LogP contribution is -1.97. The largest absolute Gasteiger partial charge is 0.159 e. The van der Waals surface area contributed by atoms with Crippen LogP contribution in [-0.2, 0) is 0 Å². The molecule has 0 amide bonds. The van der Waals surface area contributed by atoms with Crippen molar-refractivity contribution in [2.45, 2.75) is 64.5 Å². The molecule has 0 nitrogen and oxygen atoms in total. The van der Waals surface area contributed by atoms with Crippen LogP contribution in [0.3, 0.4) is 0 Å². The highest BCUT2D eigenvalue weighted by atomic mass is 32.2. The third-order valence-electron chi connectivity index (χ3n) is 2.11. The molecule has 0 fully saturated rings. The van der Waals surface area contributed by atoms with Crippen molar-refractivity contribution in [3.63, 3.8) is 0 Å². The second-order valence-corrected chi connectivity index (χ2v) is 5.08. The summed E-state index contributed by atoms with van der Waals surface area (Å²) in [5.74, 6) is 1.36. The Balaban J connectivity index is 3.04. The minimum Gasteiger partial charge on any atom is -0.159 e. The molecule has 0 saturated carbocycles. The van der Waals surface area contributed by atoms with Gasteiger partial charge in [0.25, 0.3) is 0 Å². The van der Waals surface area contributed by atoms with E-state index in [0.29, 0.717) is 0 Å². The third-order valence-corrected chi connectivity index (χ3v) is 3.44. The van der Waals surface area contributed by atoms with Gasteiger partial charge in [0.2, 0.25) is 0 Å². The van der Waals surface area contributed by atoms with Crippen molar-refractivity contribution in [2.24, 2.45) is 0 Å². The van der Waals surface area contributed by atoms with E-state index in [1.165, 1.54) is 44.3 Å². The highest BCUT2D eigenvalue weighted by molar-refractivity contribution is 7.99. The summed E-state index contributed by atoms with van der Waals surface area (Å²) < 4.78 is 0. The zero-order valence-electron chi connectivity index (χ0n) is 8.94. The minimum absolute atomic E-state index is 0.892. The molecular weight excluding hydrogens is 164 g/mol. The van der Waals surface area contributed by atoms with E-state index in [0.717, 1.165) is 5.25 Å². The van der Waals surface area contributed by atoms with Gasteiger partial charge in [-0.05, 0) is 18.6 Å². The van der Waals surface area contributed by atoms with Crippen molar-refractivity contribution in [1.82, 2.24) is 0 Å². The van der Waals surface area contributed by atoms with Crippen molar-refractivity contribution in [3.8, 4) is 0 Å². The van der Waals surface area contributed by atoms with E-state index >= 15 is 0 Å². The number of thioether (sulfide) groups is 1. The molecule has 0 aliphatic heterocycles. The zero-order valence-corrected chi connectivity index (χ0v) is 9.75. The van der Waals surface area contributed by atoms with Crippen LogP contribution in [0.1, 0.15) is 59.3 Å². The van der Waals surface area contributed by atoms with Crippen molar-refractivity contribution in [3.05, 3.63) is 0 Å². The first-order chi connectivity index (χ1) is 5.81. The molecule has 0 radical (unpaired) electrons. The first-order valence-electron chi connectivity index (χ1n) is 5.42. The Labute approximate surface area is 82.5 Å². The van der Waals surface area contributed by atoms with Crippen molar-refractivity contribution in [2.75, 3.05) is 5.75 Å². The van der Waals surface area contributed by atoms with Crippen LogP contribution in [0.2, 0.25) is 0 Å². The number of hydrogen-bond acceptors (Lipinski definition) is 1. The fraction of sp³-hybridized carbons (Fsp3) is 1.00. The second kappa shape index (κ2) is 9.44. The average Bonchev–Trinajstić information content (AvgIpc) is 2.06. The summed E-state index contributed by atoms with van der Waals surface area (Å²) in [5, 5.41) is 0.892. The maximum absolute atomic E-state index is 2.37. The summed E-state index contributed by atoms with van der Waals surface area (Å²) >= 11 is 2.15. The van der Waals surface area contributed by atoms with Crippen LogP contribution in [0, 0.1) is 0 Å². The van der Waals surface area contributed by atoms with Gasteiger partial charge in [-0.25, -0.2) is 0 Å². The molecule has 0 bridgehead atoms. The molecule has 1 atom stereocenters. The molecule has 0 aliphatic carbocycles. The topological polar surface area (TPSA) is 0 Å². The maximum atomic E-state index is 2.37. The van der Waals surface area contributed by atoms with Gasteiger partial charge in [0, 0.05) is 5.25 Å². The first-order valence-corrected chi connectivity index (χ1v) is 6.47. The van der Waals surface area contributed by atoms with Gasteiger partial charge in [-0.15, -0.1) is 0 Å². The smallest absolute Gasteiger partial charge is 0.00187 e. The summed E-state index contributed by atoms with van der Waals surface area (Å²) in [7, 11) is 0. The number of rotatable bonds is 8. The summed E-state index contributed by atoms with van der Waals surface area (Å²) in [4.78, 5) is 0. The normalized spacial score (nSPS) is 13.2. The molecule has 0 aliphatic rings. The van der Waals surface area contributed by atoms with Gasteiger partial charge in [0.05, 0.1) is 0 Å². The van der Waals surface area contributed by atoms with E-state index in [1.54, 1.807) is 0 Å². The van der Waals surface area contributed by atoms with E-state index in [2.05, 4.69) is 32.5 Å². The van der Waals surface area contributed by atoms with Gasteiger partial charge in [0.1, 0.15) is 0 Å². The van der Waals surface area contributed by atoms with Gasteiger partial charge in [-0.2, -0.15) is 11.8 Å². The van der Waals surface area contributed by atoms with Crippen LogP contribution in [0.5, 0.6) is 0 Å². The van der Waals surface area contributed by atoms with Crippen molar-refractivity contribution in [1.29, 1.82) is 0 Å². The minimum atomic E-state index is 0.892. The molecule has 0 aromatic carbocycles. The van der Waals surface area contributed by atoms with Crippen LogP contribution in [-0.4, -0.2) is 11.0 Å². The van der Waals surface area contributed by atoms with Crippen molar-refractivity contribution >= 4 is 11.8 Å². The summed E-state index contributed by atoms with van der Waals surface area (Å²) in [6, 6.07) is 0. The third kappa shape index (κ3) is 8.45.